The molecular formula is C13H17N3O2S. The van der Waals surface area contributed by atoms with E-state index >= 15 is 0 Å². The minimum absolute atomic E-state index is 0.199. The Kier molecular flexibility index (Phi) is 4.31. The molecule has 1 aromatic heterocycles. The number of fused-ring (bicyclic) bond motifs is 1. The third-order valence-electron chi connectivity index (χ3n) is 2.66. The lowest BCUT2D eigenvalue weighted by Gasteiger charge is -2.10. The molecule has 0 spiro atoms. The number of ether oxygens (including phenoxy) is 1. The topological polar surface area (TPSA) is 81.0 Å². The third kappa shape index (κ3) is 3.20. The number of esters is 1. The number of hydrogen-bond acceptors (Lipinski definition) is 5. The fraction of sp³-hybridized carbons (Fsp3) is 0.385. The van der Waals surface area contributed by atoms with Crippen molar-refractivity contribution in [2.24, 2.45) is 0 Å². The third-order valence-corrected chi connectivity index (χ3v) is 3.89. The first-order valence-electron chi connectivity index (χ1n) is 6.22. The van der Waals surface area contributed by atoms with Crippen LogP contribution in [0, 0.1) is 0 Å². The number of carbonyl (C=O) groups excluding carboxylic acids is 1. The molecule has 5 nitrogen and oxygen atoms in total. The average Bonchev–Trinajstić information content (AvgIpc) is 2.77. The van der Waals surface area contributed by atoms with Gasteiger partial charge in [-0.1, -0.05) is 18.7 Å². The van der Waals surface area contributed by atoms with Gasteiger partial charge in [-0.2, -0.15) is 0 Å². The molecular weight excluding hydrogens is 262 g/mol. The number of anilines is 1. The van der Waals surface area contributed by atoms with Gasteiger partial charge in [0.1, 0.15) is 5.25 Å². The van der Waals surface area contributed by atoms with Gasteiger partial charge in [-0.25, -0.2) is 4.98 Å². The monoisotopic (exact) mass is 279 g/mol. The van der Waals surface area contributed by atoms with Gasteiger partial charge in [0, 0.05) is 5.69 Å². The average molecular weight is 279 g/mol. The van der Waals surface area contributed by atoms with E-state index < -0.39 is 0 Å². The summed E-state index contributed by atoms with van der Waals surface area (Å²) in [6.45, 7) is 4.15. The molecule has 0 radical (unpaired) electrons. The molecule has 102 valence electrons. The normalized spacial score (nSPS) is 12.5. The second-order valence-corrected chi connectivity index (χ2v) is 5.28. The van der Waals surface area contributed by atoms with Gasteiger partial charge in [0.2, 0.25) is 0 Å². The first kappa shape index (κ1) is 13.7. The molecule has 0 fully saturated rings. The molecule has 0 aliphatic rings. The lowest BCUT2D eigenvalue weighted by molar-refractivity contribution is -0.142. The summed E-state index contributed by atoms with van der Waals surface area (Å²) >= 11 is 1.39. The van der Waals surface area contributed by atoms with Crippen molar-refractivity contribution in [3.8, 4) is 0 Å². The lowest BCUT2D eigenvalue weighted by Crippen LogP contribution is -2.19. The van der Waals surface area contributed by atoms with Crippen LogP contribution in [-0.4, -0.2) is 27.8 Å². The van der Waals surface area contributed by atoms with Crippen LogP contribution in [0.2, 0.25) is 0 Å². The molecule has 19 heavy (non-hydrogen) atoms. The Morgan fingerprint density at radius 2 is 2.32 bits per heavy atom. The van der Waals surface area contributed by atoms with E-state index in [4.69, 9.17) is 10.5 Å². The molecule has 3 N–H and O–H groups in total. The number of nitrogens with one attached hydrogen (secondary N) is 1. The maximum absolute atomic E-state index is 11.7. The van der Waals surface area contributed by atoms with Crippen LogP contribution in [0.15, 0.2) is 23.4 Å². The highest BCUT2D eigenvalue weighted by atomic mass is 32.2. The Hall–Kier alpha value is -1.69. The predicted octanol–water partition coefficient (Wildman–Crippen LogP) is 2.58. The summed E-state index contributed by atoms with van der Waals surface area (Å²) in [5.74, 6) is -0.199. The van der Waals surface area contributed by atoms with Gasteiger partial charge < -0.3 is 15.5 Å². The molecule has 1 unspecified atom stereocenters. The number of carbonyl (C=O) groups is 1. The van der Waals surface area contributed by atoms with Crippen molar-refractivity contribution >= 4 is 34.5 Å². The summed E-state index contributed by atoms with van der Waals surface area (Å²) in [6, 6.07) is 5.49. The van der Waals surface area contributed by atoms with E-state index in [1.54, 1.807) is 13.0 Å². The Morgan fingerprint density at radius 3 is 3.00 bits per heavy atom. The molecule has 0 saturated carbocycles. The zero-order chi connectivity index (χ0) is 13.8. The fourth-order valence-electron chi connectivity index (χ4n) is 1.73. The molecule has 0 amide bonds. The number of hydrogen-bond donors (Lipinski definition) is 2. The van der Waals surface area contributed by atoms with Gasteiger partial charge in [0.25, 0.3) is 0 Å². The van der Waals surface area contributed by atoms with Crippen LogP contribution in [0.4, 0.5) is 5.69 Å². The number of nitrogens with zero attached hydrogens (tertiary/aromatic N) is 1. The van der Waals surface area contributed by atoms with Gasteiger partial charge in [-0.05, 0) is 31.5 Å². The standard InChI is InChI=1S/C13H17N3O2S/c1-3-11(12(17)18-4-2)19-13-15-9-6-5-8(14)7-10(9)16-13/h5-7,11H,3-4,14H2,1-2H3,(H,15,16). The molecule has 0 saturated heterocycles. The summed E-state index contributed by atoms with van der Waals surface area (Å²) in [5.41, 5.74) is 8.12. The number of thioether (sulfide) groups is 1. The maximum Gasteiger partial charge on any atom is 0.319 e. The second kappa shape index (κ2) is 5.97. The van der Waals surface area contributed by atoms with Crippen LogP contribution in [0.5, 0.6) is 0 Å². The quantitative estimate of drug-likeness (QED) is 0.499. The molecule has 0 aliphatic heterocycles. The van der Waals surface area contributed by atoms with Crippen molar-refractivity contribution in [3.05, 3.63) is 18.2 Å². The lowest BCUT2D eigenvalue weighted by atomic mass is 10.3. The van der Waals surface area contributed by atoms with E-state index in [0.29, 0.717) is 23.9 Å². The van der Waals surface area contributed by atoms with Crippen LogP contribution in [-0.2, 0) is 9.53 Å². The Bertz CT molecular complexity index is 582. The molecule has 1 atom stereocenters. The number of nitrogens with two attached hydrogens (primary N) is 1. The summed E-state index contributed by atoms with van der Waals surface area (Å²) < 4.78 is 5.04. The summed E-state index contributed by atoms with van der Waals surface area (Å²) in [7, 11) is 0. The van der Waals surface area contributed by atoms with E-state index in [1.807, 2.05) is 19.1 Å². The Balaban J connectivity index is 2.17. The van der Waals surface area contributed by atoms with Gasteiger partial charge in [-0.3, -0.25) is 4.79 Å². The van der Waals surface area contributed by atoms with Crippen LogP contribution in [0.1, 0.15) is 20.3 Å². The number of benzene rings is 1. The van der Waals surface area contributed by atoms with Gasteiger partial charge >= 0.3 is 5.97 Å². The molecule has 1 heterocycles. The largest absolute Gasteiger partial charge is 0.465 e. The van der Waals surface area contributed by atoms with Crippen molar-refractivity contribution in [1.29, 1.82) is 0 Å². The highest BCUT2D eigenvalue weighted by Gasteiger charge is 2.20. The van der Waals surface area contributed by atoms with Crippen LogP contribution >= 0.6 is 11.8 Å². The van der Waals surface area contributed by atoms with Crippen molar-refractivity contribution in [2.75, 3.05) is 12.3 Å². The first-order chi connectivity index (χ1) is 9.13. The van der Waals surface area contributed by atoms with Gasteiger partial charge in [-0.15, -0.1) is 0 Å². The zero-order valence-electron chi connectivity index (χ0n) is 11.0. The number of rotatable bonds is 5. The number of aromatic nitrogens is 2. The van der Waals surface area contributed by atoms with Crippen molar-refractivity contribution in [2.45, 2.75) is 30.7 Å². The van der Waals surface area contributed by atoms with Crippen molar-refractivity contribution in [3.63, 3.8) is 0 Å². The predicted molar refractivity (Wildman–Crippen MR) is 77.1 cm³/mol. The summed E-state index contributed by atoms with van der Waals surface area (Å²) in [6.07, 6.45) is 0.697. The molecule has 2 rings (SSSR count). The molecule has 6 heteroatoms. The molecule has 0 bridgehead atoms. The van der Waals surface area contributed by atoms with Crippen molar-refractivity contribution < 1.29 is 9.53 Å². The highest BCUT2D eigenvalue weighted by molar-refractivity contribution is 8.00. The number of aromatic amines is 1. The van der Waals surface area contributed by atoms with E-state index in [1.165, 1.54) is 11.8 Å². The van der Waals surface area contributed by atoms with Crippen LogP contribution in [0.3, 0.4) is 0 Å². The first-order valence-corrected chi connectivity index (χ1v) is 7.10. The number of H-pyrrole nitrogens is 1. The van der Waals surface area contributed by atoms with Crippen molar-refractivity contribution in [1.82, 2.24) is 9.97 Å². The second-order valence-electron chi connectivity index (χ2n) is 4.09. The van der Waals surface area contributed by atoms with E-state index in [0.717, 1.165) is 11.0 Å². The zero-order valence-corrected chi connectivity index (χ0v) is 11.8. The van der Waals surface area contributed by atoms with Crippen LogP contribution in [0.25, 0.3) is 11.0 Å². The van der Waals surface area contributed by atoms with Crippen LogP contribution < -0.4 is 5.73 Å². The van der Waals surface area contributed by atoms with E-state index in [2.05, 4.69) is 9.97 Å². The smallest absolute Gasteiger partial charge is 0.319 e. The highest BCUT2D eigenvalue weighted by Crippen LogP contribution is 2.26. The number of nitrogen functional groups attached to an aromatic ring is 1. The van der Waals surface area contributed by atoms with E-state index in [-0.39, 0.29) is 11.2 Å². The number of imidazole rings is 1. The van der Waals surface area contributed by atoms with Gasteiger partial charge in [0.05, 0.1) is 17.6 Å². The minimum atomic E-state index is -0.238. The Labute approximate surface area is 115 Å². The fourth-order valence-corrected chi connectivity index (χ4v) is 2.65. The van der Waals surface area contributed by atoms with E-state index in [9.17, 15) is 4.79 Å². The SMILES string of the molecule is CCOC(=O)C(CC)Sc1nc2ccc(N)cc2[nH]1. The maximum atomic E-state index is 11.7. The summed E-state index contributed by atoms with van der Waals surface area (Å²) in [5, 5.41) is 0.471. The Morgan fingerprint density at radius 1 is 1.53 bits per heavy atom. The molecule has 2 aromatic rings. The molecule has 1 aromatic carbocycles. The summed E-state index contributed by atoms with van der Waals surface area (Å²) in [4.78, 5) is 19.3. The molecule has 0 aliphatic carbocycles. The van der Waals surface area contributed by atoms with Gasteiger partial charge in [0.15, 0.2) is 5.16 Å². The minimum Gasteiger partial charge on any atom is -0.465 e.